The van der Waals surface area contributed by atoms with Crippen LogP contribution in [0.2, 0.25) is 0 Å². The Bertz CT molecular complexity index is 426. The van der Waals surface area contributed by atoms with Gasteiger partial charge in [0.25, 0.3) is 0 Å². The number of methoxy groups -OCH3 is 1. The molecule has 4 heteroatoms. The molecule has 1 unspecified atom stereocenters. The number of benzene rings is 1. The van der Waals surface area contributed by atoms with Gasteiger partial charge >= 0.3 is 0 Å². The summed E-state index contributed by atoms with van der Waals surface area (Å²) in [5, 5.41) is 6.34. The summed E-state index contributed by atoms with van der Waals surface area (Å²) in [6, 6.07) is 7.91. The van der Waals surface area contributed by atoms with Crippen molar-refractivity contribution in [3.05, 3.63) is 29.8 Å². The van der Waals surface area contributed by atoms with Gasteiger partial charge in [0.1, 0.15) is 5.75 Å². The average molecular weight is 276 g/mol. The molecule has 1 heterocycles. The van der Waals surface area contributed by atoms with Gasteiger partial charge in [0.05, 0.1) is 13.2 Å². The summed E-state index contributed by atoms with van der Waals surface area (Å²) >= 11 is 0. The molecule has 0 bridgehead atoms. The lowest BCUT2D eigenvalue weighted by Gasteiger charge is -2.16. The van der Waals surface area contributed by atoms with Crippen molar-refractivity contribution in [2.45, 2.75) is 38.1 Å². The zero-order chi connectivity index (χ0) is 14.2. The predicted octanol–water partition coefficient (Wildman–Crippen LogP) is 1.89. The molecule has 0 aromatic heterocycles. The first-order valence-corrected chi connectivity index (χ1v) is 7.44. The molecule has 4 nitrogen and oxygen atoms in total. The van der Waals surface area contributed by atoms with Gasteiger partial charge in [0.15, 0.2) is 0 Å². The number of para-hydroxylation sites is 1. The fourth-order valence-corrected chi connectivity index (χ4v) is 2.61. The van der Waals surface area contributed by atoms with Gasteiger partial charge in [-0.2, -0.15) is 0 Å². The second kappa shape index (κ2) is 7.90. The maximum absolute atomic E-state index is 12.1. The van der Waals surface area contributed by atoms with Crippen molar-refractivity contribution < 1.29 is 9.53 Å². The number of carbonyl (C=O) groups excluding carboxylic acids is 1. The van der Waals surface area contributed by atoms with Crippen LogP contribution in [0, 0.1) is 0 Å². The maximum atomic E-state index is 12.1. The minimum Gasteiger partial charge on any atom is -0.496 e. The number of carbonyl (C=O) groups is 1. The van der Waals surface area contributed by atoms with Crippen molar-refractivity contribution in [2.75, 3.05) is 20.2 Å². The third-order valence-corrected chi connectivity index (χ3v) is 3.76. The molecule has 1 aromatic carbocycles. The van der Waals surface area contributed by atoms with Gasteiger partial charge < -0.3 is 15.4 Å². The zero-order valence-electron chi connectivity index (χ0n) is 12.2. The molecule has 2 rings (SSSR count). The van der Waals surface area contributed by atoms with Gasteiger partial charge in [0.2, 0.25) is 5.91 Å². The van der Waals surface area contributed by atoms with Crippen molar-refractivity contribution in [3.63, 3.8) is 0 Å². The molecule has 0 saturated carbocycles. The Morgan fingerprint density at radius 2 is 2.20 bits per heavy atom. The Labute approximate surface area is 120 Å². The molecule has 1 saturated heterocycles. The van der Waals surface area contributed by atoms with Gasteiger partial charge in [-0.05, 0) is 37.4 Å². The summed E-state index contributed by atoms with van der Waals surface area (Å²) in [6.07, 6.45) is 5.27. The summed E-state index contributed by atoms with van der Waals surface area (Å²) in [5.41, 5.74) is 1.13. The fourth-order valence-electron chi connectivity index (χ4n) is 2.61. The number of amides is 1. The Morgan fingerprint density at radius 1 is 1.35 bits per heavy atom. The van der Waals surface area contributed by atoms with Gasteiger partial charge in [-0.1, -0.05) is 31.0 Å². The number of ether oxygens (including phenoxy) is 1. The van der Waals surface area contributed by atoms with E-state index in [0.717, 1.165) is 37.1 Å². The van der Waals surface area contributed by atoms with Gasteiger partial charge in [-0.3, -0.25) is 4.79 Å². The Morgan fingerprint density at radius 3 is 3.05 bits per heavy atom. The largest absolute Gasteiger partial charge is 0.496 e. The van der Waals surface area contributed by atoms with Crippen LogP contribution in [-0.4, -0.2) is 32.1 Å². The lowest BCUT2D eigenvalue weighted by Crippen LogP contribution is -2.44. The lowest BCUT2D eigenvalue weighted by molar-refractivity contribution is -0.123. The van der Waals surface area contributed by atoms with Crippen LogP contribution >= 0.6 is 0 Å². The molecular weight excluding hydrogens is 252 g/mol. The standard InChI is InChI=1S/C16H24N2O2/c1-20-15-9-5-4-7-13(15)10-12-18-16(19)14-8-3-2-6-11-17-14/h4-5,7,9,14,17H,2-3,6,8,10-12H2,1H3,(H,18,19). The molecule has 20 heavy (non-hydrogen) atoms. The summed E-state index contributed by atoms with van der Waals surface area (Å²) in [4.78, 5) is 12.1. The molecule has 2 N–H and O–H groups in total. The highest BCUT2D eigenvalue weighted by Crippen LogP contribution is 2.17. The third kappa shape index (κ3) is 4.23. The van der Waals surface area contributed by atoms with Crippen LogP contribution in [0.25, 0.3) is 0 Å². The molecule has 1 fully saturated rings. The average Bonchev–Trinajstić information content (AvgIpc) is 2.77. The van der Waals surface area contributed by atoms with Crippen LogP contribution < -0.4 is 15.4 Å². The first-order valence-electron chi connectivity index (χ1n) is 7.44. The van der Waals surface area contributed by atoms with Crippen molar-refractivity contribution in [1.82, 2.24) is 10.6 Å². The number of nitrogens with one attached hydrogen (secondary N) is 2. The molecule has 0 radical (unpaired) electrons. The van der Waals surface area contributed by atoms with E-state index in [4.69, 9.17) is 4.74 Å². The first kappa shape index (κ1) is 14.9. The molecule has 1 amide bonds. The minimum absolute atomic E-state index is 0.0184. The molecular formula is C16H24N2O2. The van der Waals surface area contributed by atoms with E-state index in [-0.39, 0.29) is 11.9 Å². The van der Waals surface area contributed by atoms with E-state index >= 15 is 0 Å². The normalized spacial score (nSPS) is 19.1. The van der Waals surface area contributed by atoms with Crippen LogP contribution in [-0.2, 0) is 11.2 Å². The van der Waals surface area contributed by atoms with E-state index in [1.807, 2.05) is 24.3 Å². The van der Waals surface area contributed by atoms with E-state index in [9.17, 15) is 4.79 Å². The first-order chi connectivity index (χ1) is 9.81. The molecule has 0 spiro atoms. The van der Waals surface area contributed by atoms with Gasteiger partial charge in [-0.15, -0.1) is 0 Å². The molecule has 110 valence electrons. The molecule has 1 aliphatic rings. The summed E-state index contributed by atoms with van der Waals surface area (Å²) < 4.78 is 5.31. The van der Waals surface area contributed by atoms with Crippen LogP contribution in [0.3, 0.4) is 0 Å². The number of hydrogen-bond acceptors (Lipinski definition) is 3. The van der Waals surface area contributed by atoms with E-state index in [1.54, 1.807) is 7.11 Å². The van der Waals surface area contributed by atoms with Gasteiger partial charge in [-0.25, -0.2) is 0 Å². The van der Waals surface area contributed by atoms with E-state index in [1.165, 1.54) is 12.8 Å². The van der Waals surface area contributed by atoms with Crippen LogP contribution in [0.5, 0.6) is 5.75 Å². The quantitative estimate of drug-likeness (QED) is 0.863. The van der Waals surface area contributed by atoms with Crippen molar-refractivity contribution in [2.24, 2.45) is 0 Å². The highest BCUT2D eigenvalue weighted by Gasteiger charge is 2.18. The molecule has 1 atom stereocenters. The van der Waals surface area contributed by atoms with Crippen molar-refractivity contribution in [3.8, 4) is 5.75 Å². The van der Waals surface area contributed by atoms with E-state index in [2.05, 4.69) is 10.6 Å². The smallest absolute Gasteiger partial charge is 0.237 e. The summed E-state index contributed by atoms with van der Waals surface area (Å²) in [5.74, 6) is 1.01. The topological polar surface area (TPSA) is 50.4 Å². The van der Waals surface area contributed by atoms with Crippen LogP contribution in [0.15, 0.2) is 24.3 Å². The Kier molecular flexibility index (Phi) is 5.87. The second-order valence-electron chi connectivity index (χ2n) is 5.21. The number of hydrogen-bond donors (Lipinski definition) is 2. The summed E-state index contributed by atoms with van der Waals surface area (Å²) in [6.45, 7) is 1.60. The second-order valence-corrected chi connectivity index (χ2v) is 5.21. The van der Waals surface area contributed by atoms with Crippen LogP contribution in [0.4, 0.5) is 0 Å². The molecule has 1 aromatic rings. The Balaban J connectivity index is 1.78. The van der Waals surface area contributed by atoms with Crippen LogP contribution in [0.1, 0.15) is 31.2 Å². The van der Waals surface area contributed by atoms with E-state index < -0.39 is 0 Å². The van der Waals surface area contributed by atoms with Crippen molar-refractivity contribution >= 4 is 5.91 Å². The lowest BCUT2D eigenvalue weighted by atomic mass is 10.1. The molecule has 1 aliphatic heterocycles. The predicted molar refractivity (Wildman–Crippen MR) is 80.0 cm³/mol. The zero-order valence-corrected chi connectivity index (χ0v) is 12.2. The van der Waals surface area contributed by atoms with Gasteiger partial charge in [0, 0.05) is 6.54 Å². The Hall–Kier alpha value is -1.55. The monoisotopic (exact) mass is 276 g/mol. The summed E-state index contributed by atoms with van der Waals surface area (Å²) in [7, 11) is 1.67. The highest BCUT2D eigenvalue weighted by atomic mass is 16.5. The minimum atomic E-state index is -0.0184. The molecule has 0 aliphatic carbocycles. The number of rotatable bonds is 5. The third-order valence-electron chi connectivity index (χ3n) is 3.76. The highest BCUT2D eigenvalue weighted by molar-refractivity contribution is 5.81. The SMILES string of the molecule is COc1ccccc1CCNC(=O)C1CCCCCN1. The fraction of sp³-hybridized carbons (Fsp3) is 0.562. The maximum Gasteiger partial charge on any atom is 0.237 e. The van der Waals surface area contributed by atoms with Crippen molar-refractivity contribution in [1.29, 1.82) is 0 Å². The van der Waals surface area contributed by atoms with E-state index in [0.29, 0.717) is 6.54 Å².